The lowest BCUT2D eigenvalue weighted by atomic mass is 9.78. The van der Waals surface area contributed by atoms with Gasteiger partial charge in [0.2, 0.25) is 0 Å². The summed E-state index contributed by atoms with van der Waals surface area (Å²) in [5.74, 6) is 0.719. The molecule has 0 N–H and O–H groups in total. The zero-order chi connectivity index (χ0) is 13.9. The maximum Gasteiger partial charge on any atom is 0.134 e. The van der Waals surface area contributed by atoms with E-state index in [1.54, 1.807) is 6.07 Å². The Bertz CT molecular complexity index is 614. The topological polar surface area (TPSA) is 26.3 Å². The van der Waals surface area contributed by atoms with Crippen LogP contribution in [0.5, 0.6) is 5.75 Å². The van der Waals surface area contributed by atoms with Crippen molar-refractivity contribution >= 4 is 5.78 Å². The van der Waals surface area contributed by atoms with E-state index in [1.165, 1.54) is 12.1 Å². The number of rotatable bonds is 4. The first kappa shape index (κ1) is 12.9. The number of Topliss-reactive ketones (excluding diaryl/α,β-unsaturated/α-hetero) is 1. The van der Waals surface area contributed by atoms with Gasteiger partial charge in [-0.2, -0.15) is 0 Å². The van der Waals surface area contributed by atoms with Gasteiger partial charge in [-0.25, -0.2) is 4.39 Å². The zero-order valence-corrected chi connectivity index (χ0v) is 11.0. The molecule has 0 radical (unpaired) electrons. The molecule has 2 nitrogen and oxygen atoms in total. The number of hydrogen-bond donors (Lipinski definition) is 0. The minimum atomic E-state index is -0.286. The van der Waals surface area contributed by atoms with Crippen LogP contribution in [-0.2, 0) is 11.4 Å². The normalized spacial score (nSPS) is 14.9. The summed E-state index contributed by atoms with van der Waals surface area (Å²) >= 11 is 0. The van der Waals surface area contributed by atoms with Gasteiger partial charge in [-0.15, -0.1) is 0 Å². The van der Waals surface area contributed by atoms with Gasteiger partial charge in [-0.1, -0.05) is 30.3 Å². The smallest absolute Gasteiger partial charge is 0.134 e. The van der Waals surface area contributed by atoms with Crippen LogP contribution in [-0.4, -0.2) is 5.78 Å². The molecule has 3 heteroatoms. The molecule has 0 amide bonds. The molecule has 0 bridgehead atoms. The van der Waals surface area contributed by atoms with Crippen LogP contribution in [0.4, 0.5) is 4.39 Å². The summed E-state index contributed by atoms with van der Waals surface area (Å²) in [7, 11) is 0. The van der Waals surface area contributed by atoms with Crippen molar-refractivity contribution in [1.29, 1.82) is 0 Å². The lowest BCUT2D eigenvalue weighted by molar-refractivity contribution is -0.124. The van der Waals surface area contributed by atoms with Gasteiger partial charge in [0.1, 0.15) is 24.0 Å². The van der Waals surface area contributed by atoms with E-state index >= 15 is 0 Å². The van der Waals surface area contributed by atoms with Crippen LogP contribution < -0.4 is 4.74 Å². The lowest BCUT2D eigenvalue weighted by Gasteiger charge is -2.26. The van der Waals surface area contributed by atoms with Gasteiger partial charge in [0.25, 0.3) is 0 Å². The number of carbonyl (C=O) groups is 1. The average molecular weight is 270 g/mol. The Kier molecular flexibility index (Phi) is 3.50. The van der Waals surface area contributed by atoms with E-state index in [4.69, 9.17) is 4.74 Å². The summed E-state index contributed by atoms with van der Waals surface area (Å²) < 4.78 is 19.2. The highest BCUT2D eigenvalue weighted by molar-refractivity contribution is 5.86. The van der Waals surface area contributed by atoms with Crippen LogP contribution in [0.15, 0.2) is 48.5 Å². The molecule has 0 saturated heterocycles. The van der Waals surface area contributed by atoms with Gasteiger partial charge >= 0.3 is 0 Å². The van der Waals surface area contributed by atoms with E-state index in [-0.39, 0.29) is 17.5 Å². The third-order valence-corrected chi connectivity index (χ3v) is 3.60. The number of carbonyl (C=O) groups excluding carboxylic acids is 1. The molecule has 3 rings (SSSR count). The van der Waals surface area contributed by atoms with Crippen LogP contribution in [0.1, 0.15) is 29.9 Å². The second kappa shape index (κ2) is 5.45. The van der Waals surface area contributed by atoms with Gasteiger partial charge in [0, 0.05) is 24.3 Å². The summed E-state index contributed by atoms with van der Waals surface area (Å²) in [5.41, 5.74) is 1.87. The van der Waals surface area contributed by atoms with E-state index in [0.717, 1.165) is 11.1 Å². The summed E-state index contributed by atoms with van der Waals surface area (Å²) in [6.07, 6.45) is 0.982. The molecule has 0 aromatic heterocycles. The molecule has 1 saturated carbocycles. The second-order valence-electron chi connectivity index (χ2n) is 5.10. The summed E-state index contributed by atoms with van der Waals surface area (Å²) in [4.78, 5) is 11.1. The summed E-state index contributed by atoms with van der Waals surface area (Å²) in [5, 5.41) is 0. The van der Waals surface area contributed by atoms with Gasteiger partial charge in [0.15, 0.2) is 0 Å². The molecular formula is C17H15FO2. The minimum Gasteiger partial charge on any atom is -0.489 e. The molecule has 0 unspecified atom stereocenters. The Balaban J connectivity index is 1.77. The van der Waals surface area contributed by atoms with Crippen molar-refractivity contribution in [3.63, 3.8) is 0 Å². The van der Waals surface area contributed by atoms with Gasteiger partial charge in [0.05, 0.1) is 0 Å². The highest BCUT2D eigenvalue weighted by atomic mass is 19.1. The van der Waals surface area contributed by atoms with E-state index in [0.29, 0.717) is 25.2 Å². The predicted octanol–water partition coefficient (Wildman–Crippen LogP) is 3.85. The Hall–Kier alpha value is -2.16. The van der Waals surface area contributed by atoms with Crippen molar-refractivity contribution in [3.8, 4) is 5.75 Å². The van der Waals surface area contributed by atoms with E-state index in [2.05, 4.69) is 0 Å². The predicted molar refractivity (Wildman–Crippen MR) is 74.2 cm³/mol. The van der Waals surface area contributed by atoms with Gasteiger partial charge < -0.3 is 4.74 Å². The van der Waals surface area contributed by atoms with Crippen LogP contribution >= 0.6 is 0 Å². The van der Waals surface area contributed by atoms with Crippen molar-refractivity contribution in [2.45, 2.75) is 25.4 Å². The molecule has 0 spiro atoms. The molecule has 1 fully saturated rings. The molecule has 2 aromatic carbocycles. The average Bonchev–Trinajstić information content (AvgIpc) is 2.44. The van der Waals surface area contributed by atoms with Crippen LogP contribution in [0.2, 0.25) is 0 Å². The standard InChI is InChI=1S/C17H15FO2/c18-14-6-7-17(16(10-14)13-8-15(19)9-13)20-11-12-4-2-1-3-5-12/h1-7,10,13H,8-9,11H2. The van der Waals surface area contributed by atoms with E-state index in [9.17, 15) is 9.18 Å². The zero-order valence-electron chi connectivity index (χ0n) is 11.0. The first-order valence-electron chi connectivity index (χ1n) is 6.70. The highest BCUT2D eigenvalue weighted by Crippen LogP contribution is 2.39. The summed E-state index contributed by atoms with van der Waals surface area (Å²) in [6, 6.07) is 14.3. The molecule has 102 valence electrons. The molecule has 1 aliphatic rings. The van der Waals surface area contributed by atoms with Crippen molar-refractivity contribution in [2.75, 3.05) is 0 Å². The number of ketones is 1. The summed E-state index contributed by atoms with van der Waals surface area (Å²) in [6.45, 7) is 0.445. The fourth-order valence-corrected chi connectivity index (χ4v) is 2.41. The molecule has 0 atom stereocenters. The molecule has 2 aromatic rings. The Morgan fingerprint density at radius 2 is 1.85 bits per heavy atom. The number of ether oxygens (including phenoxy) is 1. The third kappa shape index (κ3) is 2.72. The maximum atomic E-state index is 13.4. The Labute approximate surface area is 117 Å². The van der Waals surface area contributed by atoms with Gasteiger partial charge in [-0.05, 0) is 23.8 Å². The largest absolute Gasteiger partial charge is 0.489 e. The minimum absolute atomic E-state index is 0.101. The monoisotopic (exact) mass is 270 g/mol. The number of benzene rings is 2. The molecular weight excluding hydrogens is 255 g/mol. The molecule has 0 aliphatic heterocycles. The number of hydrogen-bond acceptors (Lipinski definition) is 2. The van der Waals surface area contributed by atoms with Crippen molar-refractivity contribution in [1.82, 2.24) is 0 Å². The molecule has 1 aliphatic carbocycles. The van der Waals surface area contributed by atoms with Crippen LogP contribution in [0.25, 0.3) is 0 Å². The fourth-order valence-electron chi connectivity index (χ4n) is 2.41. The Morgan fingerprint density at radius 3 is 2.55 bits per heavy atom. The quantitative estimate of drug-likeness (QED) is 0.843. The van der Waals surface area contributed by atoms with Crippen LogP contribution in [0.3, 0.4) is 0 Å². The number of halogens is 1. The molecule has 0 heterocycles. The van der Waals surface area contributed by atoms with Crippen molar-refractivity contribution in [2.24, 2.45) is 0 Å². The first-order chi connectivity index (χ1) is 9.72. The van der Waals surface area contributed by atoms with Crippen LogP contribution in [0, 0.1) is 5.82 Å². The Morgan fingerprint density at radius 1 is 1.10 bits per heavy atom. The van der Waals surface area contributed by atoms with E-state index < -0.39 is 0 Å². The highest BCUT2D eigenvalue weighted by Gasteiger charge is 2.30. The van der Waals surface area contributed by atoms with E-state index in [1.807, 2.05) is 30.3 Å². The second-order valence-corrected chi connectivity index (χ2v) is 5.10. The lowest BCUT2D eigenvalue weighted by Crippen LogP contribution is -2.21. The third-order valence-electron chi connectivity index (χ3n) is 3.60. The van der Waals surface area contributed by atoms with Gasteiger partial charge in [-0.3, -0.25) is 4.79 Å². The first-order valence-corrected chi connectivity index (χ1v) is 6.70. The van der Waals surface area contributed by atoms with Crippen molar-refractivity contribution in [3.05, 3.63) is 65.5 Å². The van der Waals surface area contributed by atoms with Crippen molar-refractivity contribution < 1.29 is 13.9 Å². The molecule has 20 heavy (non-hydrogen) atoms. The maximum absolute atomic E-state index is 13.4. The fraction of sp³-hybridized carbons (Fsp3) is 0.235. The SMILES string of the molecule is O=C1CC(c2cc(F)ccc2OCc2ccccc2)C1.